The van der Waals surface area contributed by atoms with Crippen LogP contribution in [-0.4, -0.2) is 71.9 Å². The number of hydrogen-bond donors (Lipinski definition) is 2. The van der Waals surface area contributed by atoms with Crippen LogP contribution in [0.15, 0.2) is 4.99 Å². The quantitative estimate of drug-likeness (QED) is 0.210. The van der Waals surface area contributed by atoms with Gasteiger partial charge in [-0.25, -0.2) is 8.42 Å². The minimum absolute atomic E-state index is 0. The van der Waals surface area contributed by atoms with E-state index in [1.54, 1.807) is 0 Å². The Morgan fingerprint density at radius 3 is 2.56 bits per heavy atom. The molecule has 1 aliphatic rings. The van der Waals surface area contributed by atoms with Gasteiger partial charge in [-0.1, -0.05) is 20.8 Å². The molecule has 2 unspecified atom stereocenters. The average Bonchev–Trinajstić information content (AvgIpc) is 2.54. The van der Waals surface area contributed by atoms with E-state index in [4.69, 9.17) is 14.5 Å². The lowest BCUT2D eigenvalue weighted by Crippen LogP contribution is -2.43. The van der Waals surface area contributed by atoms with Gasteiger partial charge in [0.05, 0.1) is 25.1 Å². The molecular formula is C18H38IN3O4S. The van der Waals surface area contributed by atoms with Crippen molar-refractivity contribution in [2.75, 3.05) is 51.5 Å². The van der Waals surface area contributed by atoms with E-state index < -0.39 is 9.84 Å². The standard InChI is InChI=1S/C18H37N3O4S.HI/c1-6-19-17(20-9-11-24-12-13-26(5,22)23)21-14-15-8-7-10-25-16(15)18(2,3)4;/h15-16H,6-14H2,1-5H3,(H2,19,20,21);1H. The monoisotopic (exact) mass is 519 g/mol. The Bertz CT molecular complexity index is 535. The van der Waals surface area contributed by atoms with Crippen molar-refractivity contribution < 1.29 is 17.9 Å². The van der Waals surface area contributed by atoms with Crippen molar-refractivity contribution in [1.82, 2.24) is 10.6 Å². The number of nitrogens with zero attached hydrogens (tertiary/aromatic N) is 1. The minimum Gasteiger partial charge on any atom is -0.379 e. The fraction of sp³-hybridized carbons (Fsp3) is 0.944. The largest absolute Gasteiger partial charge is 0.379 e. The number of nitrogens with one attached hydrogen (secondary N) is 2. The number of rotatable bonds is 9. The SMILES string of the molecule is CCNC(=NCC1CCCOC1C(C)(C)C)NCCOCCS(C)(=O)=O.I. The van der Waals surface area contributed by atoms with E-state index in [2.05, 4.69) is 31.4 Å². The first-order chi connectivity index (χ1) is 12.1. The molecule has 7 nitrogen and oxygen atoms in total. The maximum atomic E-state index is 11.1. The van der Waals surface area contributed by atoms with Crippen LogP contribution in [-0.2, 0) is 19.3 Å². The number of halogens is 1. The van der Waals surface area contributed by atoms with E-state index in [1.807, 2.05) is 6.92 Å². The summed E-state index contributed by atoms with van der Waals surface area (Å²) < 4.78 is 33.5. The predicted molar refractivity (Wildman–Crippen MR) is 122 cm³/mol. The van der Waals surface area contributed by atoms with Crippen LogP contribution < -0.4 is 10.6 Å². The van der Waals surface area contributed by atoms with Crippen LogP contribution in [0.2, 0.25) is 0 Å². The van der Waals surface area contributed by atoms with Gasteiger partial charge in [-0.3, -0.25) is 4.99 Å². The van der Waals surface area contributed by atoms with Crippen LogP contribution in [0, 0.1) is 11.3 Å². The first kappa shape index (κ1) is 26.9. The Hall–Kier alpha value is -0.130. The summed E-state index contributed by atoms with van der Waals surface area (Å²) in [6.07, 6.45) is 3.66. The van der Waals surface area contributed by atoms with Crippen molar-refractivity contribution in [3.05, 3.63) is 0 Å². The second-order valence-corrected chi connectivity index (χ2v) is 10.2. The third kappa shape index (κ3) is 12.1. The van der Waals surface area contributed by atoms with Crippen molar-refractivity contribution in [3.63, 3.8) is 0 Å². The van der Waals surface area contributed by atoms with Crippen LogP contribution in [0.1, 0.15) is 40.5 Å². The molecule has 0 radical (unpaired) electrons. The molecule has 0 aliphatic carbocycles. The van der Waals surface area contributed by atoms with Crippen molar-refractivity contribution in [3.8, 4) is 0 Å². The zero-order valence-electron chi connectivity index (χ0n) is 17.4. The Morgan fingerprint density at radius 1 is 1.26 bits per heavy atom. The molecule has 9 heteroatoms. The molecule has 1 rings (SSSR count). The van der Waals surface area contributed by atoms with Crippen LogP contribution >= 0.6 is 24.0 Å². The van der Waals surface area contributed by atoms with Gasteiger partial charge in [-0.05, 0) is 25.2 Å². The molecule has 1 aliphatic heterocycles. The molecular weight excluding hydrogens is 481 g/mol. The summed E-state index contributed by atoms with van der Waals surface area (Å²) in [6, 6.07) is 0. The Balaban J connectivity index is 0.00000676. The summed E-state index contributed by atoms with van der Waals surface area (Å²) in [5.41, 5.74) is 0.111. The summed E-state index contributed by atoms with van der Waals surface area (Å²) >= 11 is 0. The molecule has 1 saturated heterocycles. The van der Waals surface area contributed by atoms with E-state index in [9.17, 15) is 8.42 Å². The molecule has 0 bridgehead atoms. The normalized spacial score (nSPS) is 21.4. The highest BCUT2D eigenvalue weighted by Crippen LogP contribution is 2.34. The summed E-state index contributed by atoms with van der Waals surface area (Å²) in [7, 11) is -2.97. The van der Waals surface area contributed by atoms with E-state index in [0.29, 0.717) is 19.1 Å². The Labute approximate surface area is 182 Å². The average molecular weight is 519 g/mol. The predicted octanol–water partition coefficient (Wildman–Crippen LogP) is 2.06. The molecule has 0 spiro atoms. The number of aliphatic imine (C=N–C) groups is 1. The fourth-order valence-electron chi connectivity index (χ4n) is 3.09. The first-order valence-electron chi connectivity index (χ1n) is 9.52. The molecule has 0 amide bonds. The zero-order valence-corrected chi connectivity index (χ0v) is 20.6. The third-order valence-electron chi connectivity index (χ3n) is 4.26. The summed E-state index contributed by atoms with van der Waals surface area (Å²) in [6.45, 7) is 12.3. The van der Waals surface area contributed by atoms with Gasteiger partial charge in [0.15, 0.2) is 5.96 Å². The Kier molecular flexibility index (Phi) is 13.1. The van der Waals surface area contributed by atoms with Gasteiger partial charge in [0.2, 0.25) is 0 Å². The maximum absolute atomic E-state index is 11.1. The van der Waals surface area contributed by atoms with Gasteiger partial charge in [0.1, 0.15) is 9.84 Å². The number of sulfone groups is 1. The molecule has 0 aromatic rings. The molecule has 2 atom stereocenters. The van der Waals surface area contributed by atoms with E-state index in [-0.39, 0.29) is 47.9 Å². The van der Waals surface area contributed by atoms with Crippen molar-refractivity contribution in [1.29, 1.82) is 0 Å². The topological polar surface area (TPSA) is 89.0 Å². The molecule has 2 N–H and O–H groups in total. The zero-order chi connectivity index (χ0) is 19.6. The lowest BCUT2D eigenvalue weighted by atomic mass is 9.78. The Morgan fingerprint density at radius 2 is 1.96 bits per heavy atom. The van der Waals surface area contributed by atoms with Gasteiger partial charge in [-0.2, -0.15) is 0 Å². The second-order valence-electron chi connectivity index (χ2n) is 7.95. The minimum atomic E-state index is -2.97. The van der Waals surface area contributed by atoms with E-state index >= 15 is 0 Å². The van der Waals surface area contributed by atoms with Gasteiger partial charge < -0.3 is 20.1 Å². The van der Waals surface area contributed by atoms with Crippen LogP contribution in [0.25, 0.3) is 0 Å². The van der Waals surface area contributed by atoms with Crippen molar-refractivity contribution >= 4 is 39.8 Å². The lowest BCUT2D eigenvalue weighted by molar-refractivity contribution is -0.0823. The van der Waals surface area contributed by atoms with Crippen molar-refractivity contribution in [2.24, 2.45) is 16.3 Å². The summed E-state index contributed by atoms with van der Waals surface area (Å²) in [4.78, 5) is 4.72. The number of hydrogen-bond acceptors (Lipinski definition) is 5. The summed E-state index contributed by atoms with van der Waals surface area (Å²) in [5.74, 6) is 1.24. The maximum Gasteiger partial charge on any atom is 0.191 e. The van der Waals surface area contributed by atoms with Crippen LogP contribution in [0.3, 0.4) is 0 Å². The number of ether oxygens (including phenoxy) is 2. The van der Waals surface area contributed by atoms with Gasteiger partial charge in [0.25, 0.3) is 0 Å². The fourth-order valence-corrected chi connectivity index (χ4v) is 3.51. The highest BCUT2D eigenvalue weighted by Gasteiger charge is 2.35. The second kappa shape index (κ2) is 13.2. The first-order valence-corrected chi connectivity index (χ1v) is 11.6. The highest BCUT2D eigenvalue weighted by molar-refractivity contribution is 14.0. The smallest absolute Gasteiger partial charge is 0.191 e. The van der Waals surface area contributed by atoms with Crippen molar-refractivity contribution in [2.45, 2.75) is 46.6 Å². The molecule has 1 heterocycles. The summed E-state index contributed by atoms with van der Waals surface area (Å²) in [5, 5.41) is 6.47. The van der Waals surface area contributed by atoms with Crippen LogP contribution in [0.4, 0.5) is 0 Å². The molecule has 0 saturated carbocycles. The molecule has 1 fully saturated rings. The highest BCUT2D eigenvalue weighted by atomic mass is 127. The molecule has 162 valence electrons. The van der Waals surface area contributed by atoms with E-state index in [1.165, 1.54) is 6.26 Å². The molecule has 0 aromatic heterocycles. The van der Waals surface area contributed by atoms with E-state index in [0.717, 1.165) is 38.5 Å². The lowest BCUT2D eigenvalue weighted by Gasteiger charge is -2.39. The number of guanidine groups is 1. The van der Waals surface area contributed by atoms with Gasteiger partial charge in [-0.15, -0.1) is 24.0 Å². The molecule has 27 heavy (non-hydrogen) atoms. The van der Waals surface area contributed by atoms with Crippen LogP contribution in [0.5, 0.6) is 0 Å². The molecule has 0 aromatic carbocycles. The van der Waals surface area contributed by atoms with Gasteiger partial charge in [0, 0.05) is 38.4 Å². The van der Waals surface area contributed by atoms with Gasteiger partial charge >= 0.3 is 0 Å². The third-order valence-corrected chi connectivity index (χ3v) is 5.17.